The number of rotatable bonds is 9. The van der Waals surface area contributed by atoms with Gasteiger partial charge in [-0.2, -0.15) is 0 Å². The normalized spacial score (nSPS) is 13.3. The van der Waals surface area contributed by atoms with Gasteiger partial charge in [-0.1, -0.05) is 30.7 Å². The fourth-order valence-electron chi connectivity index (χ4n) is 4.25. The molecular formula is C28H29ClN6O2S. The number of carbonyl (C=O) groups is 1. The first-order valence-electron chi connectivity index (χ1n) is 12.5. The lowest BCUT2D eigenvalue weighted by atomic mass is 10.0. The van der Waals surface area contributed by atoms with Crippen LogP contribution in [0.2, 0.25) is 5.02 Å². The minimum absolute atomic E-state index is 0.0436. The number of fused-ring (bicyclic) bond motifs is 3. The second-order valence-corrected chi connectivity index (χ2v) is 10.5. The summed E-state index contributed by atoms with van der Waals surface area (Å²) in [6, 6.07) is 11.3. The number of likely N-dealkylation sites (N-methyl/N-ethyl adjacent to an activating group) is 1. The first kappa shape index (κ1) is 26.1. The van der Waals surface area contributed by atoms with E-state index in [0.717, 1.165) is 51.8 Å². The summed E-state index contributed by atoms with van der Waals surface area (Å²) >= 11 is 8.14. The molecule has 10 heteroatoms. The lowest BCUT2D eigenvalue weighted by Crippen LogP contribution is -2.34. The number of ether oxygens (including phenoxy) is 1. The zero-order chi connectivity index (χ0) is 26.5. The molecule has 8 nitrogen and oxygen atoms in total. The number of nitrogens with one attached hydrogen (secondary N) is 1. The van der Waals surface area contributed by atoms with E-state index >= 15 is 0 Å². The Morgan fingerprint density at radius 2 is 2.16 bits per heavy atom. The van der Waals surface area contributed by atoms with Crippen molar-refractivity contribution in [2.75, 3.05) is 32.0 Å². The van der Waals surface area contributed by atoms with Crippen LogP contribution in [-0.2, 0) is 24.4 Å². The van der Waals surface area contributed by atoms with Crippen LogP contribution in [0.4, 0.5) is 11.5 Å². The SMILES string of the molecule is CCN(C)C/C=C/C(=O)N1CCc2c(sc3ncnc(Nc4ccc(OCc5ccccn5)c(Cl)c4)c23)C1. The molecule has 0 bridgehead atoms. The maximum absolute atomic E-state index is 12.7. The van der Waals surface area contributed by atoms with Crippen LogP contribution in [0.3, 0.4) is 0 Å². The van der Waals surface area contributed by atoms with E-state index < -0.39 is 0 Å². The number of amides is 1. The van der Waals surface area contributed by atoms with Gasteiger partial charge in [0.1, 0.15) is 29.3 Å². The number of halogens is 1. The topological polar surface area (TPSA) is 83.5 Å². The van der Waals surface area contributed by atoms with Crippen molar-refractivity contribution in [2.24, 2.45) is 0 Å². The van der Waals surface area contributed by atoms with Gasteiger partial charge in [0.05, 0.1) is 22.6 Å². The van der Waals surface area contributed by atoms with Crippen LogP contribution in [0.1, 0.15) is 23.1 Å². The molecule has 0 unspecified atom stereocenters. The van der Waals surface area contributed by atoms with Crippen LogP contribution < -0.4 is 10.1 Å². The van der Waals surface area contributed by atoms with Gasteiger partial charge in [0, 0.05) is 35.9 Å². The highest BCUT2D eigenvalue weighted by Gasteiger charge is 2.25. The number of hydrogen-bond donors (Lipinski definition) is 1. The maximum Gasteiger partial charge on any atom is 0.246 e. The summed E-state index contributed by atoms with van der Waals surface area (Å²) in [6.07, 6.45) is 7.67. The zero-order valence-electron chi connectivity index (χ0n) is 21.4. The van der Waals surface area contributed by atoms with E-state index in [1.54, 1.807) is 29.9 Å². The summed E-state index contributed by atoms with van der Waals surface area (Å²) in [5.74, 6) is 1.36. The van der Waals surface area contributed by atoms with E-state index in [0.29, 0.717) is 30.5 Å². The Labute approximate surface area is 230 Å². The van der Waals surface area contributed by atoms with Crippen molar-refractivity contribution < 1.29 is 9.53 Å². The zero-order valence-corrected chi connectivity index (χ0v) is 22.9. The summed E-state index contributed by atoms with van der Waals surface area (Å²) in [7, 11) is 2.03. The van der Waals surface area contributed by atoms with Gasteiger partial charge in [-0.05, 0) is 55.9 Å². The maximum atomic E-state index is 12.7. The third-order valence-corrected chi connectivity index (χ3v) is 7.88. The molecule has 1 N–H and O–H groups in total. The number of pyridine rings is 1. The molecule has 0 aliphatic carbocycles. The first-order chi connectivity index (χ1) is 18.5. The van der Waals surface area contributed by atoms with E-state index in [1.165, 1.54) is 5.56 Å². The quantitative estimate of drug-likeness (QED) is 0.278. The van der Waals surface area contributed by atoms with E-state index in [-0.39, 0.29) is 5.91 Å². The molecule has 3 aromatic heterocycles. The van der Waals surface area contributed by atoms with Crippen LogP contribution >= 0.6 is 22.9 Å². The van der Waals surface area contributed by atoms with Crippen molar-refractivity contribution in [3.05, 3.63) is 82.2 Å². The Hall–Kier alpha value is -3.53. The third-order valence-electron chi connectivity index (χ3n) is 6.46. The molecule has 0 spiro atoms. The minimum Gasteiger partial charge on any atom is -0.486 e. The Morgan fingerprint density at radius 1 is 1.26 bits per heavy atom. The van der Waals surface area contributed by atoms with E-state index in [2.05, 4.69) is 32.1 Å². The molecule has 0 saturated carbocycles. The first-order valence-corrected chi connectivity index (χ1v) is 13.7. The number of aromatic nitrogens is 3. The minimum atomic E-state index is 0.0436. The second kappa shape index (κ2) is 11.9. The summed E-state index contributed by atoms with van der Waals surface area (Å²) in [4.78, 5) is 32.2. The number of hydrogen-bond acceptors (Lipinski definition) is 8. The average Bonchev–Trinajstić information content (AvgIpc) is 3.32. The predicted octanol–water partition coefficient (Wildman–Crippen LogP) is 5.45. The molecule has 38 heavy (non-hydrogen) atoms. The average molecular weight is 549 g/mol. The number of thiophene rings is 1. The van der Waals surface area contributed by atoms with Crippen molar-refractivity contribution in [1.82, 2.24) is 24.8 Å². The van der Waals surface area contributed by atoms with Crippen LogP contribution in [0.25, 0.3) is 10.2 Å². The number of anilines is 2. The van der Waals surface area contributed by atoms with Crippen LogP contribution in [0.5, 0.6) is 5.75 Å². The molecular weight excluding hydrogens is 520 g/mol. The molecule has 4 heterocycles. The highest BCUT2D eigenvalue weighted by atomic mass is 35.5. The molecule has 4 aromatic rings. The molecule has 0 atom stereocenters. The summed E-state index contributed by atoms with van der Waals surface area (Å²) < 4.78 is 5.85. The molecule has 5 rings (SSSR count). The fourth-order valence-corrected chi connectivity index (χ4v) is 5.68. The molecule has 0 saturated heterocycles. The molecule has 0 fully saturated rings. The molecule has 1 amide bonds. The summed E-state index contributed by atoms with van der Waals surface area (Å²) in [6.45, 7) is 5.38. The summed E-state index contributed by atoms with van der Waals surface area (Å²) in [5.41, 5.74) is 2.83. The van der Waals surface area contributed by atoms with Crippen molar-refractivity contribution in [3.8, 4) is 5.75 Å². The number of carbonyl (C=O) groups excluding carboxylic acids is 1. The van der Waals surface area contributed by atoms with Gasteiger partial charge in [0.2, 0.25) is 5.91 Å². The van der Waals surface area contributed by atoms with Gasteiger partial charge in [0.25, 0.3) is 0 Å². The number of benzene rings is 1. The fraction of sp³-hybridized carbons (Fsp3) is 0.286. The smallest absolute Gasteiger partial charge is 0.246 e. The van der Waals surface area contributed by atoms with Crippen molar-refractivity contribution >= 4 is 50.6 Å². The van der Waals surface area contributed by atoms with Crippen LogP contribution in [0.15, 0.2) is 61.1 Å². The lowest BCUT2D eigenvalue weighted by molar-refractivity contribution is -0.126. The van der Waals surface area contributed by atoms with Gasteiger partial charge in [-0.25, -0.2) is 9.97 Å². The van der Waals surface area contributed by atoms with Crippen LogP contribution in [0, 0.1) is 0 Å². The Balaban J connectivity index is 1.30. The van der Waals surface area contributed by atoms with Crippen LogP contribution in [-0.4, -0.2) is 57.3 Å². The molecule has 196 valence electrons. The molecule has 1 aliphatic rings. The highest BCUT2D eigenvalue weighted by Crippen LogP contribution is 2.38. The predicted molar refractivity (Wildman–Crippen MR) is 152 cm³/mol. The van der Waals surface area contributed by atoms with E-state index in [4.69, 9.17) is 16.3 Å². The Bertz CT molecular complexity index is 1460. The van der Waals surface area contributed by atoms with Crippen molar-refractivity contribution in [2.45, 2.75) is 26.5 Å². The lowest BCUT2D eigenvalue weighted by Gasteiger charge is -2.26. The van der Waals surface area contributed by atoms with E-state index in [1.807, 2.05) is 54.4 Å². The second-order valence-electron chi connectivity index (χ2n) is 9.05. The van der Waals surface area contributed by atoms with Gasteiger partial charge in [0.15, 0.2) is 0 Å². The standard InChI is InChI=1S/C28H29ClN6O2S/c1-3-34(2)13-6-8-25(36)35-14-11-21-24(16-35)38-28-26(21)27(31-18-32-28)33-19-9-10-23(22(29)15-19)37-17-20-7-4-5-12-30-20/h4-10,12,15,18H,3,11,13-14,16-17H2,1-2H3,(H,31,32,33)/b8-6+. The Kier molecular flexibility index (Phi) is 8.17. The Morgan fingerprint density at radius 3 is 2.95 bits per heavy atom. The van der Waals surface area contributed by atoms with Crippen molar-refractivity contribution in [1.29, 1.82) is 0 Å². The largest absolute Gasteiger partial charge is 0.486 e. The highest BCUT2D eigenvalue weighted by molar-refractivity contribution is 7.19. The summed E-state index contributed by atoms with van der Waals surface area (Å²) in [5, 5.41) is 4.91. The van der Waals surface area contributed by atoms with Gasteiger partial charge in [-0.3, -0.25) is 9.78 Å². The van der Waals surface area contributed by atoms with Gasteiger partial charge < -0.3 is 19.9 Å². The molecule has 0 radical (unpaired) electrons. The van der Waals surface area contributed by atoms with Crippen molar-refractivity contribution in [3.63, 3.8) is 0 Å². The number of nitrogens with zero attached hydrogens (tertiary/aromatic N) is 5. The molecule has 1 aliphatic heterocycles. The van der Waals surface area contributed by atoms with Gasteiger partial charge in [-0.15, -0.1) is 11.3 Å². The third kappa shape index (κ3) is 5.96. The van der Waals surface area contributed by atoms with E-state index in [9.17, 15) is 4.79 Å². The monoisotopic (exact) mass is 548 g/mol. The van der Waals surface area contributed by atoms with Gasteiger partial charge >= 0.3 is 0 Å². The molecule has 1 aromatic carbocycles.